The van der Waals surface area contributed by atoms with Gasteiger partial charge in [0, 0.05) is 23.6 Å². The molecule has 0 unspecified atom stereocenters. The van der Waals surface area contributed by atoms with E-state index in [1.807, 2.05) is 0 Å². The van der Waals surface area contributed by atoms with Crippen molar-refractivity contribution in [1.29, 1.82) is 0 Å². The van der Waals surface area contributed by atoms with E-state index in [4.69, 9.17) is 16.7 Å². The number of anilines is 1. The fraction of sp³-hybridized carbons (Fsp3) is 0.424. The molecule has 1 aromatic heterocycles. The third-order valence-electron chi connectivity index (χ3n) is 8.63. The molecule has 4 rings (SSSR count). The smallest absolute Gasteiger partial charge is 0.416 e. The van der Waals surface area contributed by atoms with E-state index in [2.05, 4.69) is 10.3 Å². The van der Waals surface area contributed by atoms with Gasteiger partial charge in [0.15, 0.2) is 10.9 Å². The molecule has 0 atom stereocenters. The molecule has 46 heavy (non-hydrogen) atoms. The summed E-state index contributed by atoms with van der Waals surface area (Å²) >= 11 is 6.65. The number of aliphatic carboxylic acids is 1. The third kappa shape index (κ3) is 8.00. The molecule has 1 saturated carbocycles. The van der Waals surface area contributed by atoms with Crippen LogP contribution in [0.25, 0.3) is 11.1 Å². The minimum absolute atomic E-state index is 0.00519. The number of pyridine rings is 1. The van der Waals surface area contributed by atoms with E-state index in [0.717, 1.165) is 0 Å². The van der Waals surface area contributed by atoms with Gasteiger partial charge in [-0.1, -0.05) is 17.7 Å². The largest absolute Gasteiger partial charge is 0.481 e. The molecule has 0 bridgehead atoms. The molecule has 3 aromatic rings. The number of nitrogens with one attached hydrogen (secondary N) is 1. The van der Waals surface area contributed by atoms with Crippen LogP contribution in [0, 0.1) is 18.7 Å². The van der Waals surface area contributed by atoms with Crippen molar-refractivity contribution in [3.8, 4) is 11.1 Å². The summed E-state index contributed by atoms with van der Waals surface area (Å²) in [4.78, 5) is 29.2. The summed E-state index contributed by atoms with van der Waals surface area (Å²) in [5, 5.41) is 12.0. The quantitative estimate of drug-likeness (QED) is 0.175. The Morgan fingerprint density at radius 1 is 0.891 bits per heavy atom. The summed E-state index contributed by atoms with van der Waals surface area (Å²) in [6, 6.07) is 6.92. The van der Waals surface area contributed by atoms with Gasteiger partial charge in [0.05, 0.1) is 28.8 Å². The van der Waals surface area contributed by atoms with Crippen LogP contribution in [-0.4, -0.2) is 28.4 Å². The monoisotopic (exact) mass is 672 g/mol. The second-order valence-electron chi connectivity index (χ2n) is 12.2. The Morgan fingerprint density at radius 2 is 1.46 bits per heavy atom. The highest BCUT2D eigenvalue weighted by molar-refractivity contribution is 6.32. The molecule has 0 amide bonds. The minimum Gasteiger partial charge on any atom is -0.481 e. The van der Waals surface area contributed by atoms with Crippen molar-refractivity contribution in [3.05, 3.63) is 81.4 Å². The molecular weight excluding hydrogens is 641 g/mol. The van der Waals surface area contributed by atoms with E-state index < -0.39 is 58.6 Å². The number of hydrogen-bond acceptors (Lipinski definition) is 4. The molecule has 248 valence electrons. The van der Waals surface area contributed by atoms with Crippen molar-refractivity contribution in [1.82, 2.24) is 4.98 Å². The van der Waals surface area contributed by atoms with Crippen molar-refractivity contribution < 1.29 is 45.4 Å². The van der Waals surface area contributed by atoms with Gasteiger partial charge >= 0.3 is 18.3 Å². The van der Waals surface area contributed by atoms with Gasteiger partial charge in [0.25, 0.3) is 0 Å². The van der Waals surface area contributed by atoms with Crippen LogP contribution in [0.4, 0.5) is 36.4 Å². The lowest BCUT2D eigenvalue weighted by atomic mass is 9.78. The molecule has 2 aromatic carbocycles. The van der Waals surface area contributed by atoms with Gasteiger partial charge in [-0.3, -0.25) is 9.59 Å². The zero-order chi connectivity index (χ0) is 34.2. The Bertz CT molecular complexity index is 1600. The minimum atomic E-state index is -5.08. The lowest BCUT2D eigenvalue weighted by molar-refractivity contribution is -0.143. The first kappa shape index (κ1) is 35.2. The number of carbonyl (C=O) groups excluding carboxylic acids is 1. The highest BCUT2D eigenvalue weighted by Crippen LogP contribution is 2.43. The van der Waals surface area contributed by atoms with E-state index in [-0.39, 0.29) is 35.2 Å². The number of carboxylic acids is 1. The van der Waals surface area contributed by atoms with E-state index in [0.29, 0.717) is 60.2 Å². The summed E-state index contributed by atoms with van der Waals surface area (Å²) in [5.74, 6) is -2.06. The first-order chi connectivity index (χ1) is 21.3. The Hall–Kier alpha value is -3.67. The second-order valence-corrected chi connectivity index (χ2v) is 12.6. The topological polar surface area (TPSA) is 79.3 Å². The lowest BCUT2D eigenvalue weighted by Crippen LogP contribution is -2.35. The van der Waals surface area contributed by atoms with Crippen molar-refractivity contribution in [2.75, 3.05) is 11.9 Å². The number of aryl methyl sites for hydroxylation is 1. The molecule has 0 radical (unpaired) electrons. The van der Waals surface area contributed by atoms with E-state index >= 15 is 0 Å². The molecule has 1 aliphatic carbocycles. The summed E-state index contributed by atoms with van der Waals surface area (Å²) in [5.41, 5.74) is -2.92. The maximum atomic E-state index is 14.0. The fourth-order valence-electron chi connectivity index (χ4n) is 5.83. The molecule has 2 N–H and O–H groups in total. The zero-order valence-electron chi connectivity index (χ0n) is 25.2. The van der Waals surface area contributed by atoms with Crippen molar-refractivity contribution >= 4 is 29.0 Å². The Morgan fingerprint density at radius 3 is 1.98 bits per heavy atom. The first-order valence-electron chi connectivity index (χ1n) is 14.5. The normalized spacial score (nSPS) is 17.5. The molecule has 1 fully saturated rings. The van der Waals surface area contributed by atoms with Gasteiger partial charge in [0.1, 0.15) is 5.82 Å². The molecule has 0 aliphatic heterocycles. The Balaban J connectivity index is 1.68. The van der Waals surface area contributed by atoms with E-state index in [1.54, 1.807) is 13.0 Å². The van der Waals surface area contributed by atoms with Crippen LogP contribution < -0.4 is 5.32 Å². The highest BCUT2D eigenvalue weighted by Gasteiger charge is 2.40. The number of hydrogen-bond donors (Lipinski definition) is 2. The van der Waals surface area contributed by atoms with Gasteiger partial charge in [0.2, 0.25) is 0 Å². The number of nitrogens with zero attached hydrogens (tertiary/aromatic N) is 1. The number of carbonyl (C=O) groups is 2. The molecule has 1 aliphatic rings. The zero-order valence-corrected chi connectivity index (χ0v) is 25.9. The van der Waals surface area contributed by atoms with E-state index in [1.165, 1.54) is 32.0 Å². The van der Waals surface area contributed by atoms with Gasteiger partial charge in [-0.2, -0.15) is 26.3 Å². The molecule has 0 spiro atoms. The number of halogens is 8. The number of benzene rings is 2. The number of ketones is 1. The second kappa shape index (κ2) is 13.2. The average Bonchev–Trinajstić information content (AvgIpc) is 2.95. The van der Waals surface area contributed by atoms with Gasteiger partial charge in [-0.15, -0.1) is 0 Å². The maximum Gasteiger partial charge on any atom is 0.416 e. The van der Waals surface area contributed by atoms with E-state index in [9.17, 15) is 40.3 Å². The number of carboxylic acid groups (broad SMARTS) is 1. The van der Waals surface area contributed by atoms with Crippen LogP contribution in [0.2, 0.25) is 5.15 Å². The summed E-state index contributed by atoms with van der Waals surface area (Å²) < 4.78 is 95.0. The maximum absolute atomic E-state index is 14.0. The van der Waals surface area contributed by atoms with Crippen molar-refractivity contribution in [2.45, 2.75) is 76.6 Å². The fourth-order valence-corrected chi connectivity index (χ4v) is 6.09. The Labute approximate surface area is 266 Å². The Kier molecular flexibility index (Phi) is 10.1. The summed E-state index contributed by atoms with van der Waals surface area (Å²) in [7, 11) is 0. The summed E-state index contributed by atoms with van der Waals surface area (Å²) in [6.07, 6.45) is -7.39. The average molecular weight is 673 g/mol. The van der Waals surface area contributed by atoms with Crippen LogP contribution >= 0.6 is 11.6 Å². The number of Topliss-reactive ketones (excluding diaryl/α,β-unsaturated/α-hetero) is 1. The highest BCUT2D eigenvalue weighted by atomic mass is 35.5. The molecule has 0 saturated heterocycles. The predicted molar refractivity (Wildman–Crippen MR) is 159 cm³/mol. The molecule has 5 nitrogen and oxygen atoms in total. The van der Waals surface area contributed by atoms with Gasteiger partial charge in [-0.25, -0.2) is 9.37 Å². The lowest BCUT2D eigenvalue weighted by Gasteiger charge is -2.29. The third-order valence-corrected chi connectivity index (χ3v) is 8.91. The van der Waals surface area contributed by atoms with Crippen LogP contribution in [0.5, 0.6) is 0 Å². The molecular formula is C33H32ClF7N2O3. The number of alkyl halides is 6. The molecule has 13 heteroatoms. The van der Waals surface area contributed by atoms with Crippen LogP contribution in [0.1, 0.15) is 79.8 Å². The summed E-state index contributed by atoms with van der Waals surface area (Å²) in [6.45, 7) is 3.62. The van der Waals surface area contributed by atoms with Crippen molar-refractivity contribution in [2.24, 2.45) is 5.92 Å². The van der Waals surface area contributed by atoms with Crippen molar-refractivity contribution in [3.63, 3.8) is 0 Å². The molecule has 1 heterocycles. The van der Waals surface area contributed by atoms with Crippen LogP contribution in [0.15, 0.2) is 42.5 Å². The predicted octanol–water partition coefficient (Wildman–Crippen LogP) is 9.59. The number of rotatable bonds is 9. The van der Waals surface area contributed by atoms with Gasteiger partial charge in [-0.05, 0) is 105 Å². The standard InChI is InChI=1S/C33H32ClF7N2O3/c1-17-10-23(35)8-9-24(17)25-15-26(19-6-4-18(5-7-19)11-28(45)46)43-30(34)29(25)42-16-27(44)31(2,3)20-12-21(32(36,37)38)14-22(13-20)33(39,40)41/h8-10,12-15,18-19,42H,4-7,11,16H2,1-3H3,(H,45,46). The van der Waals surface area contributed by atoms with Crippen LogP contribution in [-0.2, 0) is 27.4 Å². The van der Waals surface area contributed by atoms with Gasteiger partial charge < -0.3 is 10.4 Å². The SMILES string of the molecule is Cc1cc(F)ccc1-c1cc(C2CCC(CC(=O)O)CC2)nc(Cl)c1NCC(=O)C(C)(C)c1cc(C(F)(F)F)cc(C(F)(F)F)c1. The number of aromatic nitrogens is 1. The van der Waals surface area contributed by atoms with Crippen LogP contribution in [0.3, 0.4) is 0 Å². The first-order valence-corrected chi connectivity index (χ1v) is 14.9.